The smallest absolute Gasteiger partial charge is 0.137 e. The number of fused-ring (bicyclic) bond motifs is 4. The molecule has 1 spiro atoms. The number of halogens is 1. The van der Waals surface area contributed by atoms with E-state index in [0.717, 1.165) is 35.3 Å². The minimum atomic E-state index is 0.00571. The van der Waals surface area contributed by atoms with E-state index in [1.807, 2.05) is 6.21 Å². The molecule has 0 aliphatic carbocycles. The van der Waals surface area contributed by atoms with Gasteiger partial charge in [-0.3, -0.25) is 9.89 Å². The van der Waals surface area contributed by atoms with Gasteiger partial charge in [0.2, 0.25) is 0 Å². The van der Waals surface area contributed by atoms with Gasteiger partial charge >= 0.3 is 0 Å². The quantitative estimate of drug-likeness (QED) is 0.678. The number of aliphatic imine (C=N–C) groups is 1. The van der Waals surface area contributed by atoms with E-state index in [4.69, 9.17) is 4.74 Å². The highest BCUT2D eigenvalue weighted by molar-refractivity contribution is 9.10. The van der Waals surface area contributed by atoms with Gasteiger partial charge < -0.3 is 4.74 Å². The van der Waals surface area contributed by atoms with E-state index in [2.05, 4.69) is 56.2 Å². The second-order valence-corrected chi connectivity index (χ2v) is 9.05. The van der Waals surface area contributed by atoms with Crippen LogP contribution >= 0.6 is 15.9 Å². The molecule has 0 N–H and O–H groups in total. The van der Waals surface area contributed by atoms with Crippen molar-refractivity contribution in [1.82, 2.24) is 4.90 Å². The second-order valence-electron chi connectivity index (χ2n) is 8.20. The molecular weight excluding hydrogens is 388 g/mol. The summed E-state index contributed by atoms with van der Waals surface area (Å²) in [7, 11) is 0. The number of benzene rings is 2. The predicted molar refractivity (Wildman–Crippen MR) is 108 cm³/mol. The molecule has 3 nitrogen and oxygen atoms in total. The lowest BCUT2D eigenvalue weighted by Crippen LogP contribution is -2.61. The van der Waals surface area contributed by atoms with Crippen LogP contribution in [0.2, 0.25) is 0 Å². The first-order valence-corrected chi connectivity index (χ1v) is 10.4. The zero-order valence-electron chi connectivity index (χ0n) is 14.7. The Labute approximate surface area is 162 Å². The summed E-state index contributed by atoms with van der Waals surface area (Å²) < 4.78 is 7.75. The third-order valence-electron chi connectivity index (χ3n) is 6.69. The molecule has 132 valence electrons. The molecule has 5 aliphatic heterocycles. The maximum atomic E-state index is 6.66. The molecule has 1 atom stereocenters. The second kappa shape index (κ2) is 5.43. The fourth-order valence-electron chi connectivity index (χ4n) is 5.36. The minimum absolute atomic E-state index is 0.00571. The summed E-state index contributed by atoms with van der Waals surface area (Å²) in [5.41, 5.74) is 6.35. The number of piperidine rings is 3. The first kappa shape index (κ1) is 15.4. The van der Waals surface area contributed by atoms with Gasteiger partial charge in [0, 0.05) is 31.5 Å². The third-order valence-corrected chi connectivity index (χ3v) is 7.28. The van der Waals surface area contributed by atoms with Crippen molar-refractivity contribution in [2.75, 3.05) is 19.6 Å². The van der Waals surface area contributed by atoms with Crippen LogP contribution in [0.5, 0.6) is 5.75 Å². The van der Waals surface area contributed by atoms with E-state index in [1.165, 1.54) is 48.2 Å². The summed E-state index contributed by atoms with van der Waals surface area (Å²) in [5, 5.41) is 0. The Morgan fingerprint density at radius 1 is 1.08 bits per heavy atom. The van der Waals surface area contributed by atoms with Crippen molar-refractivity contribution in [3.8, 4) is 16.9 Å². The SMILES string of the molecule is Brc1cc(-c2ccc3c(c2)CC=N3)cc2c1OC1(C2)CN2CCC1CC2. The highest BCUT2D eigenvalue weighted by Crippen LogP contribution is 2.50. The van der Waals surface area contributed by atoms with Crippen LogP contribution in [-0.4, -0.2) is 36.3 Å². The van der Waals surface area contributed by atoms with Crippen molar-refractivity contribution >= 4 is 27.8 Å². The Hall–Kier alpha value is -1.65. The third kappa shape index (κ3) is 2.18. The number of nitrogens with zero attached hydrogens (tertiary/aromatic N) is 2. The largest absolute Gasteiger partial charge is 0.484 e. The molecule has 0 amide bonds. The average Bonchev–Trinajstić information content (AvgIpc) is 3.26. The van der Waals surface area contributed by atoms with Crippen LogP contribution in [0.15, 0.2) is 39.8 Å². The molecule has 2 aromatic carbocycles. The topological polar surface area (TPSA) is 24.8 Å². The summed E-state index contributed by atoms with van der Waals surface area (Å²) >= 11 is 3.80. The van der Waals surface area contributed by atoms with Crippen LogP contribution in [0.1, 0.15) is 24.0 Å². The van der Waals surface area contributed by atoms with Gasteiger partial charge in [0.25, 0.3) is 0 Å². The Balaban J connectivity index is 1.38. The number of hydrogen-bond donors (Lipinski definition) is 0. The molecule has 7 rings (SSSR count). The maximum Gasteiger partial charge on any atom is 0.137 e. The van der Waals surface area contributed by atoms with Crippen molar-refractivity contribution in [3.05, 3.63) is 45.9 Å². The van der Waals surface area contributed by atoms with Gasteiger partial charge in [0.15, 0.2) is 0 Å². The molecular formula is C22H21BrN2O. The zero-order valence-corrected chi connectivity index (χ0v) is 16.3. The summed E-state index contributed by atoms with van der Waals surface area (Å²) in [6.07, 6.45) is 6.55. The van der Waals surface area contributed by atoms with Crippen LogP contribution in [0, 0.1) is 5.92 Å². The predicted octanol–water partition coefficient (Wildman–Crippen LogP) is 4.77. The molecule has 26 heavy (non-hydrogen) atoms. The molecule has 1 unspecified atom stereocenters. The van der Waals surface area contributed by atoms with Crippen LogP contribution in [0.4, 0.5) is 5.69 Å². The van der Waals surface area contributed by atoms with Gasteiger partial charge in [-0.15, -0.1) is 0 Å². The van der Waals surface area contributed by atoms with E-state index in [0.29, 0.717) is 5.92 Å². The van der Waals surface area contributed by atoms with Gasteiger partial charge in [-0.2, -0.15) is 0 Å². The highest BCUT2D eigenvalue weighted by atomic mass is 79.9. The number of ether oxygens (including phenoxy) is 1. The summed E-state index contributed by atoms with van der Waals surface area (Å²) in [5.74, 6) is 1.78. The van der Waals surface area contributed by atoms with E-state index in [1.54, 1.807) is 0 Å². The average molecular weight is 409 g/mol. The van der Waals surface area contributed by atoms with E-state index in [-0.39, 0.29) is 5.60 Å². The lowest BCUT2D eigenvalue weighted by molar-refractivity contribution is -0.0801. The highest BCUT2D eigenvalue weighted by Gasteiger charge is 2.52. The summed E-state index contributed by atoms with van der Waals surface area (Å²) in [6, 6.07) is 11.2. The molecule has 2 aromatic rings. The molecule has 2 bridgehead atoms. The molecule has 0 radical (unpaired) electrons. The monoisotopic (exact) mass is 408 g/mol. The van der Waals surface area contributed by atoms with Gasteiger partial charge in [0.05, 0.1) is 10.2 Å². The van der Waals surface area contributed by atoms with Gasteiger partial charge in [0.1, 0.15) is 11.4 Å². The summed E-state index contributed by atoms with van der Waals surface area (Å²) in [4.78, 5) is 7.01. The number of rotatable bonds is 1. The van der Waals surface area contributed by atoms with Crippen molar-refractivity contribution in [2.45, 2.75) is 31.3 Å². The Morgan fingerprint density at radius 3 is 2.73 bits per heavy atom. The molecule has 0 saturated carbocycles. The van der Waals surface area contributed by atoms with E-state index < -0.39 is 0 Å². The molecule has 3 fully saturated rings. The Bertz CT molecular complexity index is 945. The zero-order chi connectivity index (χ0) is 17.3. The molecule has 5 heterocycles. The minimum Gasteiger partial charge on any atom is -0.484 e. The maximum absolute atomic E-state index is 6.66. The normalized spacial score (nSPS) is 30.5. The molecule has 3 saturated heterocycles. The van der Waals surface area contributed by atoms with Crippen LogP contribution < -0.4 is 4.74 Å². The molecule has 5 aliphatic rings. The fraction of sp³-hybridized carbons (Fsp3) is 0.409. The van der Waals surface area contributed by atoms with Crippen molar-refractivity contribution in [1.29, 1.82) is 0 Å². The lowest BCUT2D eigenvalue weighted by Gasteiger charge is -2.50. The first-order chi connectivity index (χ1) is 12.7. The van der Waals surface area contributed by atoms with E-state index in [9.17, 15) is 0 Å². The van der Waals surface area contributed by atoms with Crippen molar-refractivity contribution in [2.24, 2.45) is 10.9 Å². The van der Waals surface area contributed by atoms with Gasteiger partial charge in [-0.1, -0.05) is 6.07 Å². The Morgan fingerprint density at radius 2 is 1.92 bits per heavy atom. The number of hydrogen-bond acceptors (Lipinski definition) is 3. The van der Waals surface area contributed by atoms with Crippen LogP contribution in [-0.2, 0) is 12.8 Å². The van der Waals surface area contributed by atoms with Crippen molar-refractivity contribution < 1.29 is 4.74 Å². The van der Waals surface area contributed by atoms with Gasteiger partial charge in [-0.05, 0) is 88.4 Å². The lowest BCUT2D eigenvalue weighted by atomic mass is 9.73. The first-order valence-electron chi connectivity index (χ1n) is 9.60. The molecule has 4 heteroatoms. The fourth-order valence-corrected chi connectivity index (χ4v) is 5.94. The Kier molecular flexibility index (Phi) is 3.22. The van der Waals surface area contributed by atoms with Crippen LogP contribution in [0.3, 0.4) is 0 Å². The molecule has 0 aromatic heterocycles. The summed E-state index contributed by atoms with van der Waals surface area (Å²) in [6.45, 7) is 3.58. The van der Waals surface area contributed by atoms with Crippen molar-refractivity contribution in [3.63, 3.8) is 0 Å². The van der Waals surface area contributed by atoms with E-state index >= 15 is 0 Å². The van der Waals surface area contributed by atoms with Crippen LogP contribution in [0.25, 0.3) is 11.1 Å². The standard InChI is InChI=1S/C22H21BrN2O/c23-19-11-16(14-1-2-20-15(9-14)3-6-24-20)10-17-12-22(26-21(17)19)13-25-7-4-18(22)5-8-25/h1-2,6,9-11,18H,3-5,7-8,12-13H2. The van der Waals surface area contributed by atoms with Gasteiger partial charge in [-0.25, -0.2) is 0 Å².